The second kappa shape index (κ2) is 13.6. The van der Waals surface area contributed by atoms with Gasteiger partial charge in [0.05, 0.1) is 19.3 Å². The average molecular weight is 419 g/mol. The Morgan fingerprint density at radius 3 is 2.50 bits per heavy atom. The van der Waals surface area contributed by atoms with Crippen LogP contribution in [-0.4, -0.2) is 61.9 Å². The van der Waals surface area contributed by atoms with Crippen LogP contribution in [-0.2, 0) is 22.6 Å². The average Bonchev–Trinajstić information content (AvgIpc) is 2.74. The summed E-state index contributed by atoms with van der Waals surface area (Å²) in [6.45, 7) is 16.7. The number of benzene rings is 1. The summed E-state index contributed by atoms with van der Waals surface area (Å²) in [5, 5.41) is 6.83. The Bertz CT molecular complexity index is 619. The lowest BCUT2D eigenvalue weighted by molar-refractivity contribution is -0.0390. The Labute approximate surface area is 183 Å². The monoisotopic (exact) mass is 418 g/mol. The van der Waals surface area contributed by atoms with Gasteiger partial charge in [-0.25, -0.2) is 4.99 Å². The van der Waals surface area contributed by atoms with Gasteiger partial charge in [-0.3, -0.25) is 4.90 Å². The molecule has 0 aliphatic carbocycles. The van der Waals surface area contributed by atoms with Crippen molar-refractivity contribution in [2.75, 3.05) is 32.8 Å². The van der Waals surface area contributed by atoms with Crippen molar-refractivity contribution in [1.29, 1.82) is 0 Å². The van der Waals surface area contributed by atoms with E-state index in [1.807, 2.05) is 0 Å². The molecule has 1 aromatic rings. The number of nitrogens with zero attached hydrogens (tertiary/aromatic N) is 2. The molecule has 170 valence electrons. The third-order valence-corrected chi connectivity index (χ3v) is 5.40. The first-order valence-corrected chi connectivity index (χ1v) is 11.5. The van der Waals surface area contributed by atoms with Crippen molar-refractivity contribution in [2.24, 2.45) is 4.99 Å². The van der Waals surface area contributed by atoms with Gasteiger partial charge in [-0.05, 0) is 58.6 Å². The Kier molecular flexibility index (Phi) is 11.2. The zero-order chi connectivity index (χ0) is 21.8. The second-order valence-electron chi connectivity index (χ2n) is 8.49. The lowest BCUT2D eigenvalue weighted by Crippen LogP contribution is -2.45. The molecule has 1 aliphatic rings. The molecule has 0 unspecified atom stereocenters. The molecule has 1 saturated heterocycles. The van der Waals surface area contributed by atoms with E-state index < -0.39 is 0 Å². The van der Waals surface area contributed by atoms with Gasteiger partial charge < -0.3 is 20.1 Å². The van der Waals surface area contributed by atoms with Gasteiger partial charge >= 0.3 is 0 Å². The smallest absolute Gasteiger partial charge is 0.191 e. The normalized spacial score (nSPS) is 15.9. The Hall–Kier alpha value is -1.63. The van der Waals surface area contributed by atoms with Gasteiger partial charge in [-0.1, -0.05) is 24.3 Å². The summed E-state index contributed by atoms with van der Waals surface area (Å²) in [6.07, 6.45) is 2.31. The van der Waals surface area contributed by atoms with Crippen LogP contribution in [0.1, 0.15) is 58.6 Å². The largest absolute Gasteiger partial charge is 0.381 e. The van der Waals surface area contributed by atoms with E-state index in [0.717, 1.165) is 51.6 Å². The number of ether oxygens (including phenoxy) is 2. The van der Waals surface area contributed by atoms with E-state index in [1.165, 1.54) is 11.1 Å². The van der Waals surface area contributed by atoms with Gasteiger partial charge in [0.25, 0.3) is 0 Å². The van der Waals surface area contributed by atoms with Gasteiger partial charge in [0.2, 0.25) is 0 Å². The minimum absolute atomic E-state index is 0.321. The molecule has 30 heavy (non-hydrogen) atoms. The van der Waals surface area contributed by atoms with Crippen molar-refractivity contribution in [3.05, 3.63) is 35.4 Å². The lowest BCUT2D eigenvalue weighted by Gasteiger charge is -2.30. The maximum absolute atomic E-state index is 6.06. The lowest BCUT2D eigenvalue weighted by atomic mass is 10.1. The van der Waals surface area contributed by atoms with Crippen molar-refractivity contribution in [3.63, 3.8) is 0 Å². The minimum atomic E-state index is 0.321. The molecule has 2 N–H and O–H groups in total. The summed E-state index contributed by atoms with van der Waals surface area (Å²) < 4.78 is 11.5. The molecular formula is C24H42N4O2. The summed E-state index contributed by atoms with van der Waals surface area (Å²) in [7, 11) is 0. The molecule has 0 spiro atoms. The van der Waals surface area contributed by atoms with E-state index in [0.29, 0.717) is 31.3 Å². The van der Waals surface area contributed by atoms with Crippen molar-refractivity contribution in [3.8, 4) is 0 Å². The van der Waals surface area contributed by atoms with Crippen molar-refractivity contribution >= 4 is 5.96 Å². The first-order chi connectivity index (χ1) is 14.5. The van der Waals surface area contributed by atoms with Crippen LogP contribution >= 0.6 is 0 Å². The molecule has 1 aromatic carbocycles. The quantitative estimate of drug-likeness (QED) is 0.425. The zero-order valence-corrected chi connectivity index (χ0v) is 19.6. The van der Waals surface area contributed by atoms with Crippen LogP contribution in [0.3, 0.4) is 0 Å². The summed E-state index contributed by atoms with van der Waals surface area (Å²) in [5.41, 5.74) is 2.41. The molecule has 6 heteroatoms. The van der Waals surface area contributed by atoms with E-state index in [4.69, 9.17) is 14.5 Å². The fraction of sp³-hybridized carbons (Fsp3) is 0.708. The van der Waals surface area contributed by atoms with Crippen LogP contribution in [0.15, 0.2) is 29.3 Å². The number of aliphatic imine (C=N–C) groups is 1. The number of hydrogen-bond acceptors (Lipinski definition) is 4. The number of rotatable bonds is 11. The molecule has 0 amide bonds. The fourth-order valence-corrected chi connectivity index (χ4v) is 3.80. The van der Waals surface area contributed by atoms with Crippen LogP contribution in [0.2, 0.25) is 0 Å². The van der Waals surface area contributed by atoms with Crippen LogP contribution < -0.4 is 10.6 Å². The molecule has 0 atom stereocenters. The molecule has 0 bridgehead atoms. The van der Waals surface area contributed by atoms with Crippen LogP contribution in [0, 0.1) is 0 Å². The summed E-state index contributed by atoms with van der Waals surface area (Å²) in [4.78, 5) is 7.26. The third-order valence-electron chi connectivity index (χ3n) is 5.40. The highest BCUT2D eigenvalue weighted by Gasteiger charge is 2.14. The second-order valence-corrected chi connectivity index (χ2v) is 8.49. The zero-order valence-electron chi connectivity index (χ0n) is 19.6. The van der Waals surface area contributed by atoms with E-state index in [1.54, 1.807) is 0 Å². The summed E-state index contributed by atoms with van der Waals surface area (Å²) in [6, 6.07) is 9.63. The molecule has 1 aliphatic heterocycles. The maximum Gasteiger partial charge on any atom is 0.191 e. The van der Waals surface area contributed by atoms with Crippen molar-refractivity contribution in [2.45, 2.75) is 78.8 Å². The molecular weight excluding hydrogens is 376 g/mol. The molecule has 0 radical (unpaired) electrons. The Balaban J connectivity index is 1.85. The van der Waals surface area contributed by atoms with E-state index in [2.05, 4.69) is 74.4 Å². The highest BCUT2D eigenvalue weighted by molar-refractivity contribution is 5.79. The first-order valence-electron chi connectivity index (χ1n) is 11.5. The molecule has 0 aromatic heterocycles. The molecule has 1 fully saturated rings. The highest BCUT2D eigenvalue weighted by Crippen LogP contribution is 2.14. The number of hydrogen-bond donors (Lipinski definition) is 2. The van der Waals surface area contributed by atoms with Gasteiger partial charge in [0.1, 0.15) is 0 Å². The van der Waals surface area contributed by atoms with Crippen LogP contribution in [0.5, 0.6) is 0 Å². The van der Waals surface area contributed by atoms with E-state index >= 15 is 0 Å². The van der Waals surface area contributed by atoms with Gasteiger partial charge in [0.15, 0.2) is 5.96 Å². The minimum Gasteiger partial charge on any atom is -0.381 e. The first kappa shape index (κ1) is 24.6. The predicted molar refractivity (Wildman–Crippen MR) is 125 cm³/mol. The third kappa shape index (κ3) is 9.02. The van der Waals surface area contributed by atoms with Crippen LogP contribution in [0.4, 0.5) is 0 Å². The Morgan fingerprint density at radius 1 is 1.13 bits per heavy atom. The predicted octanol–water partition coefficient (Wildman–Crippen LogP) is 3.56. The van der Waals surface area contributed by atoms with Gasteiger partial charge in [0, 0.05) is 44.9 Å². The molecule has 2 rings (SSSR count). The number of nitrogens with one attached hydrogen (secondary N) is 2. The van der Waals surface area contributed by atoms with Crippen molar-refractivity contribution < 1.29 is 9.47 Å². The van der Waals surface area contributed by atoms with Crippen LogP contribution in [0.25, 0.3) is 0 Å². The molecule has 0 saturated carbocycles. The Morgan fingerprint density at radius 2 is 1.83 bits per heavy atom. The standard InChI is InChI=1S/C24H42N4O2/c1-6-25-24(26-12-13-28(19(2)3)20(4)5)27-17-21-8-7-9-22(16-21)18-30-23-10-14-29-15-11-23/h7-9,16,19-20,23H,6,10-15,17-18H2,1-5H3,(H2,25,26,27). The van der Waals surface area contributed by atoms with Gasteiger partial charge in [-0.2, -0.15) is 0 Å². The van der Waals surface area contributed by atoms with Crippen molar-refractivity contribution in [1.82, 2.24) is 15.5 Å². The summed E-state index contributed by atoms with van der Waals surface area (Å²) >= 11 is 0. The number of guanidine groups is 1. The summed E-state index contributed by atoms with van der Waals surface area (Å²) in [5.74, 6) is 0.869. The van der Waals surface area contributed by atoms with E-state index in [9.17, 15) is 0 Å². The topological polar surface area (TPSA) is 58.1 Å². The fourth-order valence-electron chi connectivity index (χ4n) is 3.80. The highest BCUT2D eigenvalue weighted by atomic mass is 16.5. The molecule has 6 nitrogen and oxygen atoms in total. The molecule has 1 heterocycles. The van der Waals surface area contributed by atoms with E-state index in [-0.39, 0.29) is 0 Å². The SMILES string of the molecule is CCNC(=NCc1cccc(COC2CCOCC2)c1)NCCN(C(C)C)C(C)C. The van der Waals surface area contributed by atoms with Gasteiger partial charge in [-0.15, -0.1) is 0 Å². The maximum atomic E-state index is 6.06.